The van der Waals surface area contributed by atoms with E-state index in [-0.39, 0.29) is 11.6 Å². The number of ether oxygens (including phenoxy) is 1. The zero-order valence-electron chi connectivity index (χ0n) is 10.7. The van der Waals surface area contributed by atoms with Gasteiger partial charge in [0.15, 0.2) is 5.70 Å². The van der Waals surface area contributed by atoms with E-state index in [1.807, 2.05) is 24.3 Å². The monoisotopic (exact) mass is 361 g/mol. The van der Waals surface area contributed by atoms with Gasteiger partial charge >= 0.3 is 5.97 Å². The van der Waals surface area contributed by atoms with Crippen molar-refractivity contribution in [1.29, 1.82) is 0 Å². The predicted molar refractivity (Wildman–Crippen MR) is 86.2 cm³/mol. The number of carbonyl (C=O) groups is 1. The highest BCUT2D eigenvalue weighted by Crippen LogP contribution is 2.22. The summed E-state index contributed by atoms with van der Waals surface area (Å²) in [5, 5.41) is 0.565. The molecule has 2 aromatic carbocycles. The summed E-state index contributed by atoms with van der Waals surface area (Å²) in [6, 6.07) is 14.6. The second-order valence-corrected chi connectivity index (χ2v) is 5.75. The van der Waals surface area contributed by atoms with Crippen molar-refractivity contribution in [3.05, 3.63) is 74.9 Å². The Morgan fingerprint density at radius 3 is 2.71 bits per heavy atom. The van der Waals surface area contributed by atoms with E-state index in [9.17, 15) is 4.79 Å². The molecule has 2 aromatic rings. The van der Waals surface area contributed by atoms with Gasteiger partial charge in [-0.1, -0.05) is 45.7 Å². The minimum absolute atomic E-state index is 0.267. The van der Waals surface area contributed by atoms with Crippen LogP contribution in [0, 0.1) is 0 Å². The number of carbonyl (C=O) groups excluding carboxylic acids is 1. The normalized spacial score (nSPS) is 16.0. The van der Waals surface area contributed by atoms with Crippen molar-refractivity contribution in [1.82, 2.24) is 0 Å². The molecule has 0 radical (unpaired) electrons. The second kappa shape index (κ2) is 5.84. The zero-order valence-corrected chi connectivity index (χ0v) is 13.1. The molecule has 0 saturated heterocycles. The van der Waals surface area contributed by atoms with Crippen molar-refractivity contribution in [3.63, 3.8) is 0 Å². The molecule has 3 rings (SSSR count). The maximum Gasteiger partial charge on any atom is 0.363 e. The molecule has 1 aliphatic heterocycles. The van der Waals surface area contributed by atoms with Crippen LogP contribution < -0.4 is 0 Å². The fourth-order valence-corrected chi connectivity index (χ4v) is 2.52. The van der Waals surface area contributed by atoms with Gasteiger partial charge in [0.2, 0.25) is 5.90 Å². The molecule has 5 heteroatoms. The van der Waals surface area contributed by atoms with Crippen LogP contribution >= 0.6 is 27.5 Å². The van der Waals surface area contributed by atoms with E-state index in [0.29, 0.717) is 10.6 Å². The van der Waals surface area contributed by atoms with Gasteiger partial charge in [-0.2, -0.15) is 0 Å². The number of benzene rings is 2. The van der Waals surface area contributed by atoms with Gasteiger partial charge in [-0.15, -0.1) is 0 Å². The number of rotatable bonds is 2. The second-order valence-electron chi connectivity index (χ2n) is 4.40. The molecule has 0 amide bonds. The standard InChI is InChI=1S/C16H9BrClNO2/c17-12-5-1-3-10(7-12)8-14-16(20)21-15(19-14)11-4-2-6-13(18)9-11/h1-9H. The van der Waals surface area contributed by atoms with Crippen LogP contribution in [-0.2, 0) is 9.53 Å². The lowest BCUT2D eigenvalue weighted by molar-refractivity contribution is -0.129. The number of esters is 1. The third kappa shape index (κ3) is 3.23. The molecule has 0 spiro atoms. The third-order valence-corrected chi connectivity index (χ3v) is 3.57. The van der Waals surface area contributed by atoms with Crippen LogP contribution in [0.25, 0.3) is 6.08 Å². The molecule has 0 atom stereocenters. The van der Waals surface area contributed by atoms with Crippen LogP contribution in [0.1, 0.15) is 11.1 Å². The molecule has 1 aliphatic rings. The molecular weight excluding hydrogens is 354 g/mol. The van der Waals surface area contributed by atoms with Gasteiger partial charge in [0.05, 0.1) is 0 Å². The van der Waals surface area contributed by atoms with Crippen LogP contribution in [0.4, 0.5) is 0 Å². The summed E-state index contributed by atoms with van der Waals surface area (Å²) in [6.07, 6.45) is 1.69. The number of cyclic esters (lactones) is 1. The molecule has 0 aliphatic carbocycles. The molecule has 0 bridgehead atoms. The zero-order chi connectivity index (χ0) is 14.8. The van der Waals surface area contributed by atoms with Crippen molar-refractivity contribution in [2.45, 2.75) is 0 Å². The van der Waals surface area contributed by atoms with Gasteiger partial charge < -0.3 is 4.74 Å². The minimum Gasteiger partial charge on any atom is -0.402 e. The first kappa shape index (κ1) is 14.0. The summed E-state index contributed by atoms with van der Waals surface area (Å²) in [5.41, 5.74) is 1.81. The molecule has 0 fully saturated rings. The molecular formula is C16H9BrClNO2. The molecule has 1 heterocycles. The van der Waals surface area contributed by atoms with Crippen LogP contribution in [-0.4, -0.2) is 11.9 Å². The first-order valence-corrected chi connectivity index (χ1v) is 7.33. The van der Waals surface area contributed by atoms with E-state index in [1.54, 1.807) is 30.3 Å². The fraction of sp³-hybridized carbons (Fsp3) is 0. The maximum atomic E-state index is 11.9. The summed E-state index contributed by atoms with van der Waals surface area (Å²) >= 11 is 9.32. The van der Waals surface area contributed by atoms with E-state index >= 15 is 0 Å². The molecule has 3 nitrogen and oxygen atoms in total. The summed E-state index contributed by atoms with van der Waals surface area (Å²) in [4.78, 5) is 16.1. The Bertz CT molecular complexity index is 783. The van der Waals surface area contributed by atoms with Gasteiger partial charge in [-0.05, 0) is 42.0 Å². The molecule has 0 aromatic heterocycles. The Kier molecular flexibility index (Phi) is 3.90. The Morgan fingerprint density at radius 2 is 1.95 bits per heavy atom. The van der Waals surface area contributed by atoms with Gasteiger partial charge in [0.1, 0.15) is 0 Å². The maximum absolute atomic E-state index is 11.9. The van der Waals surface area contributed by atoms with Crippen LogP contribution in [0.5, 0.6) is 0 Å². The van der Waals surface area contributed by atoms with Crippen molar-refractivity contribution < 1.29 is 9.53 Å². The van der Waals surface area contributed by atoms with Crippen LogP contribution in [0.2, 0.25) is 5.02 Å². The average molecular weight is 363 g/mol. The summed E-state index contributed by atoms with van der Waals surface area (Å²) in [6.45, 7) is 0. The molecule has 104 valence electrons. The van der Waals surface area contributed by atoms with E-state index in [0.717, 1.165) is 10.0 Å². The quantitative estimate of drug-likeness (QED) is 0.585. The van der Waals surface area contributed by atoms with Crippen molar-refractivity contribution in [2.75, 3.05) is 0 Å². The van der Waals surface area contributed by atoms with Crippen LogP contribution in [0.3, 0.4) is 0 Å². The Balaban J connectivity index is 1.95. The average Bonchev–Trinajstić information content (AvgIpc) is 2.80. The Labute approximate surface area is 135 Å². The lowest BCUT2D eigenvalue weighted by atomic mass is 10.2. The Morgan fingerprint density at radius 1 is 1.14 bits per heavy atom. The SMILES string of the molecule is O=C1OC(c2cccc(Cl)c2)=NC1=Cc1cccc(Br)c1. The van der Waals surface area contributed by atoms with Gasteiger partial charge in [-0.3, -0.25) is 0 Å². The van der Waals surface area contributed by atoms with Crippen molar-refractivity contribution >= 4 is 45.5 Å². The number of hydrogen-bond acceptors (Lipinski definition) is 3. The third-order valence-electron chi connectivity index (χ3n) is 2.84. The molecule has 0 N–H and O–H groups in total. The van der Waals surface area contributed by atoms with Gasteiger partial charge in [0.25, 0.3) is 0 Å². The fourth-order valence-electron chi connectivity index (χ4n) is 1.91. The minimum atomic E-state index is -0.468. The van der Waals surface area contributed by atoms with Gasteiger partial charge in [-0.25, -0.2) is 9.79 Å². The lowest BCUT2D eigenvalue weighted by Crippen LogP contribution is -2.05. The number of halogens is 2. The largest absolute Gasteiger partial charge is 0.402 e. The van der Waals surface area contributed by atoms with Crippen molar-refractivity contribution in [2.24, 2.45) is 4.99 Å². The summed E-state index contributed by atoms with van der Waals surface area (Å²) in [7, 11) is 0. The first-order valence-electron chi connectivity index (χ1n) is 6.16. The predicted octanol–water partition coefficient (Wildman–Crippen LogP) is 4.45. The highest BCUT2D eigenvalue weighted by Gasteiger charge is 2.24. The van der Waals surface area contributed by atoms with Crippen molar-refractivity contribution in [3.8, 4) is 0 Å². The number of hydrogen-bond donors (Lipinski definition) is 0. The molecule has 0 unspecified atom stereocenters. The molecule has 0 saturated carbocycles. The van der Waals surface area contributed by atoms with E-state index in [1.165, 1.54) is 0 Å². The molecule has 21 heavy (non-hydrogen) atoms. The highest BCUT2D eigenvalue weighted by atomic mass is 79.9. The highest BCUT2D eigenvalue weighted by molar-refractivity contribution is 9.10. The smallest absolute Gasteiger partial charge is 0.363 e. The lowest BCUT2D eigenvalue weighted by Gasteiger charge is -1.98. The Hall–Kier alpha value is -1.91. The van der Waals surface area contributed by atoms with E-state index in [4.69, 9.17) is 16.3 Å². The van der Waals surface area contributed by atoms with E-state index < -0.39 is 5.97 Å². The summed E-state index contributed by atoms with van der Waals surface area (Å²) in [5.74, 6) is -0.200. The number of aliphatic imine (C=N–C) groups is 1. The van der Waals surface area contributed by atoms with E-state index in [2.05, 4.69) is 20.9 Å². The summed E-state index contributed by atoms with van der Waals surface area (Å²) < 4.78 is 6.12. The topological polar surface area (TPSA) is 38.7 Å². The number of nitrogens with zero attached hydrogens (tertiary/aromatic N) is 1. The first-order chi connectivity index (χ1) is 10.1. The van der Waals surface area contributed by atoms with Gasteiger partial charge in [0, 0.05) is 15.1 Å². The van der Waals surface area contributed by atoms with Crippen LogP contribution in [0.15, 0.2) is 63.7 Å².